The minimum absolute atomic E-state index is 0.671. The number of hydrogen-bond donors (Lipinski definition) is 0. The van der Waals surface area contributed by atoms with Gasteiger partial charge in [-0.2, -0.15) is 0 Å². The molecule has 0 radical (unpaired) electrons. The Balaban J connectivity index is 0.861. The van der Waals surface area contributed by atoms with Gasteiger partial charge in [-0.25, -0.2) is 18.3 Å². The molecule has 46 heavy (non-hydrogen) atoms. The molecule has 6 aromatic rings. The Bertz CT molecular complexity index is 1610. The van der Waals surface area contributed by atoms with Crippen LogP contribution in [0.15, 0.2) is 147 Å². The first kappa shape index (κ1) is 30.8. The summed E-state index contributed by atoms with van der Waals surface area (Å²) in [5, 5.41) is 0. The number of rotatable bonds is 15. The number of nitrogens with zero attached hydrogens (tertiary/aromatic N) is 6. The topological polar surface area (TPSA) is 59.8 Å². The van der Waals surface area contributed by atoms with Gasteiger partial charge in [0.15, 0.2) is 75.8 Å². The molecule has 6 aromatic heterocycles. The number of ether oxygens (including phenoxy) is 2. The van der Waals surface area contributed by atoms with E-state index < -0.39 is 0 Å². The van der Waals surface area contributed by atoms with Crippen molar-refractivity contribution >= 4 is 0 Å². The van der Waals surface area contributed by atoms with Crippen molar-refractivity contribution in [2.24, 2.45) is 0 Å². The summed E-state index contributed by atoms with van der Waals surface area (Å²) in [5.74, 6) is 0. The van der Waals surface area contributed by atoms with Gasteiger partial charge >= 0.3 is 0 Å². The van der Waals surface area contributed by atoms with Gasteiger partial charge in [0.2, 0.25) is 0 Å². The Morgan fingerprint density at radius 1 is 0.326 bits per heavy atom. The van der Waals surface area contributed by atoms with Gasteiger partial charge in [0.25, 0.3) is 0 Å². The average molecular weight is 613 g/mol. The molecule has 0 spiro atoms. The van der Waals surface area contributed by atoms with Crippen LogP contribution in [0.25, 0.3) is 33.4 Å². The van der Waals surface area contributed by atoms with Crippen LogP contribution >= 0.6 is 0 Å². The molecule has 6 rings (SSSR count). The van der Waals surface area contributed by atoms with E-state index in [2.05, 4.69) is 126 Å². The Hall–Kier alpha value is -5.18. The van der Waals surface area contributed by atoms with Crippen LogP contribution in [0.5, 0.6) is 0 Å². The zero-order valence-corrected chi connectivity index (χ0v) is 26.0. The second kappa shape index (κ2) is 16.2. The Kier molecular flexibility index (Phi) is 10.9. The summed E-state index contributed by atoms with van der Waals surface area (Å²) in [6.07, 6.45) is 24.1. The first-order valence-corrected chi connectivity index (χ1v) is 15.7. The van der Waals surface area contributed by atoms with Gasteiger partial charge < -0.3 is 9.47 Å². The van der Waals surface area contributed by atoms with Crippen LogP contribution in [0, 0.1) is 0 Å². The minimum Gasteiger partial charge on any atom is -0.368 e. The molecular formula is C38H40N6O2+4. The van der Waals surface area contributed by atoms with Gasteiger partial charge in [0.05, 0.1) is 0 Å². The molecule has 8 nitrogen and oxygen atoms in total. The second-order valence-electron chi connectivity index (χ2n) is 11.0. The van der Waals surface area contributed by atoms with Crippen molar-refractivity contribution in [2.75, 3.05) is 26.4 Å². The smallest absolute Gasteiger partial charge is 0.171 e. The fourth-order valence-electron chi connectivity index (χ4n) is 5.17. The zero-order chi connectivity index (χ0) is 31.2. The highest BCUT2D eigenvalue weighted by Gasteiger charge is 2.08. The van der Waals surface area contributed by atoms with Crippen LogP contribution in [0.4, 0.5) is 0 Å². The summed E-state index contributed by atoms with van der Waals surface area (Å²) < 4.78 is 20.4. The van der Waals surface area contributed by atoms with E-state index in [-0.39, 0.29) is 0 Å². The van der Waals surface area contributed by atoms with Crippen LogP contribution in [0.2, 0.25) is 0 Å². The molecule has 6 heterocycles. The quantitative estimate of drug-likeness (QED) is 0.130. The third-order valence-electron chi connectivity index (χ3n) is 7.90. The zero-order valence-electron chi connectivity index (χ0n) is 26.0. The Morgan fingerprint density at radius 3 is 0.783 bits per heavy atom. The monoisotopic (exact) mass is 612 g/mol. The fraction of sp³-hybridized carbons (Fsp3) is 0.211. The van der Waals surface area contributed by atoms with E-state index in [0.29, 0.717) is 26.4 Å². The second-order valence-corrected chi connectivity index (χ2v) is 11.0. The highest BCUT2D eigenvalue weighted by Crippen LogP contribution is 2.17. The predicted molar refractivity (Wildman–Crippen MR) is 174 cm³/mol. The molecule has 0 atom stereocenters. The van der Waals surface area contributed by atoms with Crippen molar-refractivity contribution in [3.63, 3.8) is 0 Å². The van der Waals surface area contributed by atoms with E-state index in [1.807, 2.05) is 49.1 Å². The van der Waals surface area contributed by atoms with Crippen molar-refractivity contribution in [3.05, 3.63) is 147 Å². The lowest BCUT2D eigenvalue weighted by Gasteiger charge is -2.04. The number of hydrogen-bond acceptors (Lipinski definition) is 4. The van der Waals surface area contributed by atoms with Gasteiger partial charge in [-0.3, -0.25) is 9.97 Å². The summed E-state index contributed by atoms with van der Waals surface area (Å²) in [4.78, 5) is 8.17. The lowest BCUT2D eigenvalue weighted by molar-refractivity contribution is -0.705. The molecule has 0 saturated heterocycles. The summed E-state index contributed by atoms with van der Waals surface area (Å²) in [5.41, 5.74) is 7.10. The van der Waals surface area contributed by atoms with E-state index >= 15 is 0 Å². The molecule has 0 aliphatic rings. The van der Waals surface area contributed by atoms with Crippen LogP contribution in [0.3, 0.4) is 0 Å². The Morgan fingerprint density at radius 2 is 0.543 bits per heavy atom. The molecule has 0 bridgehead atoms. The number of aromatic nitrogens is 6. The van der Waals surface area contributed by atoms with Crippen molar-refractivity contribution < 1.29 is 27.7 Å². The number of pyridine rings is 6. The van der Waals surface area contributed by atoms with Gasteiger partial charge in [-0.15, -0.1) is 0 Å². The van der Waals surface area contributed by atoms with E-state index in [9.17, 15) is 0 Å². The molecule has 0 fully saturated rings. The molecule has 230 valence electrons. The van der Waals surface area contributed by atoms with Crippen molar-refractivity contribution in [2.45, 2.75) is 26.2 Å². The third-order valence-corrected chi connectivity index (χ3v) is 7.90. The SMILES string of the molecule is c1cc(-c2cc[n+](CCOCC[n+]3ccc(-c4cc[n+](CCOCC[n+]5ccc(-c6ccncc6)cc5)cc4)cc3)cc2)ccn1. The van der Waals surface area contributed by atoms with Crippen LogP contribution in [-0.4, -0.2) is 36.4 Å². The minimum atomic E-state index is 0.671. The standard InChI is InChI=1S/C38H40N6O2/c1-13-39-14-2-33(1)35-5-17-41(18-6-35)25-29-45-31-27-43-21-9-37(10-22-43)38-11-23-44(24-12-38)28-32-46-30-26-42-19-7-36(8-20-42)34-3-15-40-16-4-34/h1-24H,25-32H2/q+4. The van der Waals surface area contributed by atoms with Crippen LogP contribution in [0.1, 0.15) is 0 Å². The third kappa shape index (κ3) is 8.94. The molecule has 8 heteroatoms. The predicted octanol–water partition coefficient (Wildman–Crippen LogP) is 4.06. The first-order chi connectivity index (χ1) is 22.8. The van der Waals surface area contributed by atoms with E-state index in [0.717, 1.165) is 26.2 Å². The fourth-order valence-corrected chi connectivity index (χ4v) is 5.17. The maximum atomic E-state index is 5.91. The highest BCUT2D eigenvalue weighted by atomic mass is 16.5. The molecule has 0 aliphatic heterocycles. The van der Waals surface area contributed by atoms with Crippen molar-refractivity contribution in [1.29, 1.82) is 0 Å². The molecular weight excluding hydrogens is 572 g/mol. The van der Waals surface area contributed by atoms with Crippen molar-refractivity contribution in [1.82, 2.24) is 9.97 Å². The molecule has 0 N–H and O–H groups in total. The van der Waals surface area contributed by atoms with Gasteiger partial charge in [-0.05, 0) is 57.6 Å². The molecule has 0 aliphatic carbocycles. The van der Waals surface area contributed by atoms with Gasteiger partial charge in [0, 0.05) is 73.3 Å². The summed E-state index contributed by atoms with van der Waals surface area (Å²) in [6, 6.07) is 25.2. The maximum absolute atomic E-state index is 5.91. The van der Waals surface area contributed by atoms with Gasteiger partial charge in [0.1, 0.15) is 26.4 Å². The molecule has 0 amide bonds. The summed E-state index contributed by atoms with van der Waals surface area (Å²) in [7, 11) is 0. The van der Waals surface area contributed by atoms with Crippen LogP contribution in [-0.2, 0) is 35.7 Å². The maximum Gasteiger partial charge on any atom is 0.171 e. The van der Waals surface area contributed by atoms with Crippen molar-refractivity contribution in [3.8, 4) is 33.4 Å². The highest BCUT2D eigenvalue weighted by molar-refractivity contribution is 5.62. The molecule has 0 unspecified atom stereocenters. The van der Waals surface area contributed by atoms with E-state index in [1.165, 1.54) is 33.4 Å². The molecule has 0 aromatic carbocycles. The summed E-state index contributed by atoms with van der Waals surface area (Å²) in [6.45, 7) is 5.96. The summed E-state index contributed by atoms with van der Waals surface area (Å²) >= 11 is 0. The van der Waals surface area contributed by atoms with Crippen LogP contribution < -0.4 is 18.3 Å². The lowest BCUT2D eigenvalue weighted by Crippen LogP contribution is -2.38. The largest absolute Gasteiger partial charge is 0.368 e. The Labute approximate surface area is 270 Å². The van der Waals surface area contributed by atoms with Gasteiger partial charge in [-0.1, -0.05) is 0 Å². The lowest BCUT2D eigenvalue weighted by atomic mass is 10.1. The average Bonchev–Trinajstić information content (AvgIpc) is 3.13. The first-order valence-electron chi connectivity index (χ1n) is 15.7. The van der Waals surface area contributed by atoms with E-state index in [1.54, 1.807) is 0 Å². The van der Waals surface area contributed by atoms with E-state index in [4.69, 9.17) is 9.47 Å². The normalized spacial score (nSPS) is 11.0. The molecule has 0 saturated carbocycles.